The first kappa shape index (κ1) is 15.6. The third-order valence-corrected chi connectivity index (χ3v) is 4.50. The molecular formula is C15H20ClN3O2. The summed E-state index contributed by atoms with van der Waals surface area (Å²) in [5.41, 5.74) is 6.43. The number of benzene rings is 1. The van der Waals surface area contributed by atoms with Gasteiger partial charge in [-0.3, -0.25) is 4.79 Å². The molecular weight excluding hydrogens is 290 g/mol. The van der Waals surface area contributed by atoms with Crippen LogP contribution in [0, 0.1) is 6.92 Å². The van der Waals surface area contributed by atoms with Crippen molar-refractivity contribution < 1.29 is 10.0 Å². The average molecular weight is 310 g/mol. The third-order valence-electron chi connectivity index (χ3n) is 4.08. The molecule has 4 N–H and O–H groups in total. The highest BCUT2D eigenvalue weighted by atomic mass is 35.5. The van der Waals surface area contributed by atoms with Gasteiger partial charge >= 0.3 is 0 Å². The monoisotopic (exact) mass is 309 g/mol. The molecule has 1 fully saturated rings. The number of amides is 1. The van der Waals surface area contributed by atoms with Crippen LogP contribution < -0.4 is 11.1 Å². The summed E-state index contributed by atoms with van der Waals surface area (Å²) in [5, 5.41) is 15.7. The van der Waals surface area contributed by atoms with E-state index in [0.717, 1.165) is 24.8 Å². The van der Waals surface area contributed by atoms with Crippen molar-refractivity contribution >= 4 is 23.3 Å². The highest BCUT2D eigenvalue weighted by Gasteiger charge is 2.38. The summed E-state index contributed by atoms with van der Waals surface area (Å²) in [6.07, 6.45) is 4.34. The molecule has 1 aromatic rings. The first-order chi connectivity index (χ1) is 9.98. The van der Waals surface area contributed by atoms with E-state index in [1.165, 1.54) is 0 Å². The Morgan fingerprint density at radius 2 is 2.05 bits per heavy atom. The van der Waals surface area contributed by atoms with E-state index in [2.05, 4.69) is 10.5 Å². The van der Waals surface area contributed by atoms with E-state index in [9.17, 15) is 4.79 Å². The molecule has 0 spiro atoms. The fourth-order valence-corrected chi connectivity index (χ4v) is 2.89. The number of rotatable bonds is 3. The third kappa shape index (κ3) is 3.29. The van der Waals surface area contributed by atoms with Crippen molar-refractivity contribution in [3.05, 3.63) is 34.3 Å². The van der Waals surface area contributed by atoms with Crippen molar-refractivity contribution in [3.63, 3.8) is 0 Å². The Kier molecular flexibility index (Phi) is 4.73. The summed E-state index contributed by atoms with van der Waals surface area (Å²) in [5.74, 6) is -0.162. The van der Waals surface area contributed by atoms with E-state index in [1.807, 2.05) is 6.92 Å². The maximum Gasteiger partial charge on any atom is 0.252 e. The van der Waals surface area contributed by atoms with Crippen LogP contribution in [-0.2, 0) is 0 Å². The number of amidine groups is 1. The first-order valence-electron chi connectivity index (χ1n) is 7.05. The molecule has 0 saturated heterocycles. The number of halogens is 1. The SMILES string of the molecule is Cc1cc(C(=O)NC2(/C(N)=N/O)CCCCC2)ccc1Cl. The van der Waals surface area contributed by atoms with Gasteiger partial charge in [0.05, 0.1) is 0 Å². The fraction of sp³-hybridized carbons (Fsp3) is 0.467. The minimum atomic E-state index is -0.752. The number of nitrogens with two attached hydrogens (primary N) is 1. The van der Waals surface area contributed by atoms with Crippen LogP contribution in [0.4, 0.5) is 0 Å². The minimum absolute atomic E-state index is 0.0706. The van der Waals surface area contributed by atoms with Crippen LogP contribution in [0.5, 0.6) is 0 Å². The summed E-state index contributed by atoms with van der Waals surface area (Å²) in [4.78, 5) is 12.5. The second kappa shape index (κ2) is 6.35. The van der Waals surface area contributed by atoms with E-state index in [0.29, 0.717) is 23.4 Å². The van der Waals surface area contributed by atoms with Crippen molar-refractivity contribution in [1.29, 1.82) is 0 Å². The van der Waals surface area contributed by atoms with Gasteiger partial charge in [-0.1, -0.05) is 36.0 Å². The summed E-state index contributed by atoms with van der Waals surface area (Å²) in [6, 6.07) is 5.11. The first-order valence-corrected chi connectivity index (χ1v) is 7.43. The van der Waals surface area contributed by atoms with Gasteiger partial charge in [-0.25, -0.2) is 0 Å². The van der Waals surface area contributed by atoms with Crippen molar-refractivity contribution in [2.75, 3.05) is 0 Å². The molecule has 1 aromatic carbocycles. The molecule has 0 radical (unpaired) electrons. The number of nitrogens with zero attached hydrogens (tertiary/aromatic N) is 1. The van der Waals surface area contributed by atoms with Crippen LogP contribution in [0.2, 0.25) is 5.02 Å². The van der Waals surface area contributed by atoms with Gasteiger partial charge in [-0.05, 0) is 43.5 Å². The molecule has 0 atom stereocenters. The maximum atomic E-state index is 12.5. The number of oxime groups is 1. The van der Waals surface area contributed by atoms with Gasteiger partial charge in [-0.15, -0.1) is 0 Å². The van der Waals surface area contributed by atoms with Crippen LogP contribution in [-0.4, -0.2) is 22.5 Å². The molecule has 1 saturated carbocycles. The molecule has 114 valence electrons. The Labute approximate surface area is 129 Å². The lowest BCUT2D eigenvalue weighted by atomic mass is 9.80. The molecule has 2 rings (SSSR count). The van der Waals surface area contributed by atoms with E-state index in [4.69, 9.17) is 22.5 Å². The van der Waals surface area contributed by atoms with Crippen molar-refractivity contribution in [2.24, 2.45) is 10.9 Å². The van der Waals surface area contributed by atoms with Crippen LogP contribution in [0.25, 0.3) is 0 Å². The second-order valence-corrected chi connectivity index (χ2v) is 5.95. The Morgan fingerprint density at radius 1 is 1.38 bits per heavy atom. The van der Waals surface area contributed by atoms with Crippen LogP contribution in [0.1, 0.15) is 48.0 Å². The van der Waals surface area contributed by atoms with Gasteiger partial charge < -0.3 is 16.3 Å². The summed E-state index contributed by atoms with van der Waals surface area (Å²) >= 11 is 5.97. The molecule has 1 aliphatic rings. The Hall–Kier alpha value is -1.75. The lowest BCUT2D eigenvalue weighted by Crippen LogP contribution is -2.58. The highest BCUT2D eigenvalue weighted by Crippen LogP contribution is 2.29. The van der Waals surface area contributed by atoms with Crippen molar-refractivity contribution in [2.45, 2.75) is 44.6 Å². The van der Waals surface area contributed by atoms with Crippen LogP contribution in [0.3, 0.4) is 0 Å². The predicted molar refractivity (Wildman–Crippen MR) is 82.9 cm³/mol. The number of hydrogen-bond acceptors (Lipinski definition) is 3. The molecule has 1 amide bonds. The number of nitrogens with one attached hydrogen (secondary N) is 1. The van der Waals surface area contributed by atoms with Gasteiger partial charge in [0.25, 0.3) is 5.91 Å². The van der Waals surface area contributed by atoms with Gasteiger partial charge in [0.15, 0.2) is 5.84 Å². The Balaban J connectivity index is 2.23. The van der Waals surface area contributed by atoms with Gasteiger partial charge in [0.1, 0.15) is 5.54 Å². The van der Waals surface area contributed by atoms with Gasteiger partial charge in [-0.2, -0.15) is 0 Å². The van der Waals surface area contributed by atoms with E-state index < -0.39 is 5.54 Å². The number of aryl methyl sites for hydroxylation is 1. The largest absolute Gasteiger partial charge is 0.409 e. The quantitative estimate of drug-likeness (QED) is 0.347. The average Bonchev–Trinajstić information content (AvgIpc) is 2.50. The predicted octanol–water partition coefficient (Wildman–Crippen LogP) is 2.83. The summed E-state index contributed by atoms with van der Waals surface area (Å²) < 4.78 is 0. The zero-order chi connectivity index (χ0) is 15.5. The van der Waals surface area contributed by atoms with E-state index >= 15 is 0 Å². The highest BCUT2D eigenvalue weighted by molar-refractivity contribution is 6.31. The van der Waals surface area contributed by atoms with E-state index in [-0.39, 0.29) is 11.7 Å². The molecule has 0 heterocycles. The normalized spacial score (nSPS) is 18.3. The second-order valence-electron chi connectivity index (χ2n) is 5.55. The Bertz CT molecular complexity index is 566. The standard InChI is InChI=1S/C15H20ClN3O2/c1-10-9-11(5-6-12(10)16)13(20)18-15(14(17)19-21)7-3-2-4-8-15/h5-6,9,21H,2-4,7-8H2,1H3,(H2,17,19)(H,18,20). The summed E-state index contributed by atoms with van der Waals surface area (Å²) in [6.45, 7) is 1.85. The maximum absolute atomic E-state index is 12.5. The number of carbonyl (C=O) groups excluding carboxylic acids is 1. The van der Waals surface area contributed by atoms with Crippen molar-refractivity contribution in [1.82, 2.24) is 5.32 Å². The zero-order valence-corrected chi connectivity index (χ0v) is 12.8. The number of carbonyl (C=O) groups is 1. The molecule has 5 nitrogen and oxygen atoms in total. The summed E-state index contributed by atoms with van der Waals surface area (Å²) in [7, 11) is 0. The molecule has 6 heteroatoms. The minimum Gasteiger partial charge on any atom is -0.409 e. The van der Waals surface area contributed by atoms with Crippen LogP contribution in [0.15, 0.2) is 23.4 Å². The number of hydrogen-bond donors (Lipinski definition) is 3. The lowest BCUT2D eigenvalue weighted by molar-refractivity contribution is 0.0905. The molecule has 0 bridgehead atoms. The molecule has 0 aromatic heterocycles. The Morgan fingerprint density at radius 3 is 2.62 bits per heavy atom. The van der Waals surface area contributed by atoms with E-state index in [1.54, 1.807) is 18.2 Å². The van der Waals surface area contributed by atoms with Gasteiger partial charge in [0, 0.05) is 10.6 Å². The fourth-order valence-electron chi connectivity index (χ4n) is 2.77. The van der Waals surface area contributed by atoms with Gasteiger partial charge in [0.2, 0.25) is 0 Å². The molecule has 21 heavy (non-hydrogen) atoms. The molecule has 0 aliphatic heterocycles. The van der Waals surface area contributed by atoms with Crippen LogP contribution >= 0.6 is 11.6 Å². The smallest absolute Gasteiger partial charge is 0.252 e. The zero-order valence-electron chi connectivity index (χ0n) is 12.0. The van der Waals surface area contributed by atoms with Crippen molar-refractivity contribution in [3.8, 4) is 0 Å². The topological polar surface area (TPSA) is 87.7 Å². The lowest BCUT2D eigenvalue weighted by Gasteiger charge is -2.36. The molecule has 1 aliphatic carbocycles. The molecule has 0 unspecified atom stereocenters.